The zero-order valence-corrected chi connectivity index (χ0v) is 22.1. The van der Waals surface area contributed by atoms with Crippen molar-refractivity contribution in [3.8, 4) is 5.75 Å². The van der Waals surface area contributed by atoms with Crippen LogP contribution in [0.15, 0.2) is 59.0 Å². The molecule has 0 saturated heterocycles. The van der Waals surface area contributed by atoms with Gasteiger partial charge in [0.05, 0.1) is 6.04 Å². The summed E-state index contributed by atoms with van der Waals surface area (Å²) in [5.74, 6) is 2.51. The molecule has 2 saturated carbocycles. The number of aryl methyl sites for hydroxylation is 1. The van der Waals surface area contributed by atoms with E-state index < -0.39 is 0 Å². The minimum Gasteiger partial charge on any atom is -0.486 e. The molecule has 198 valence electrons. The molecule has 6 nitrogen and oxygen atoms in total. The molecule has 1 atom stereocenters. The van der Waals surface area contributed by atoms with Crippen LogP contribution in [-0.4, -0.2) is 29.8 Å². The van der Waals surface area contributed by atoms with Gasteiger partial charge in [-0.3, -0.25) is 9.59 Å². The van der Waals surface area contributed by atoms with E-state index in [1.807, 2.05) is 6.07 Å². The minimum atomic E-state index is -0.176. The lowest BCUT2D eigenvalue weighted by Gasteiger charge is -2.39. The lowest BCUT2D eigenvalue weighted by molar-refractivity contribution is -0.137. The summed E-state index contributed by atoms with van der Waals surface area (Å²) >= 11 is 0. The molecule has 2 heterocycles. The van der Waals surface area contributed by atoms with Crippen molar-refractivity contribution < 1.29 is 18.7 Å². The number of furan rings is 1. The largest absolute Gasteiger partial charge is 0.486 e. The standard InChI is InChI=1S/C32H36N2O4/c1-21-6-10-24(11-7-21)30-28-18-26(13-12-23(28)16-17-34(30)32(36)25-4-2-3-5-25)37-20-27-14-15-29(38-27)31(35)33-19-22-8-9-22/h6-7,10-15,18,22,25,30H,2-5,8-9,16-17,19-20H2,1H3,(H,33,35)/t30-/m0/s1. The quantitative estimate of drug-likeness (QED) is 0.404. The van der Waals surface area contributed by atoms with E-state index in [0.717, 1.165) is 55.5 Å². The van der Waals surface area contributed by atoms with Gasteiger partial charge in [-0.2, -0.15) is 0 Å². The topological polar surface area (TPSA) is 71.8 Å². The number of amides is 2. The summed E-state index contributed by atoms with van der Waals surface area (Å²) in [4.78, 5) is 28.1. The molecule has 0 bridgehead atoms. The molecule has 0 spiro atoms. The Balaban J connectivity index is 1.21. The Kier molecular flexibility index (Phi) is 6.96. The molecule has 3 aliphatic rings. The summed E-state index contributed by atoms with van der Waals surface area (Å²) in [5.41, 5.74) is 4.72. The van der Waals surface area contributed by atoms with Crippen molar-refractivity contribution in [2.45, 2.75) is 64.5 Å². The van der Waals surface area contributed by atoms with Gasteiger partial charge in [-0.25, -0.2) is 0 Å². The van der Waals surface area contributed by atoms with Crippen LogP contribution >= 0.6 is 0 Å². The van der Waals surface area contributed by atoms with Crippen molar-refractivity contribution >= 4 is 11.8 Å². The van der Waals surface area contributed by atoms with Crippen molar-refractivity contribution in [2.75, 3.05) is 13.1 Å². The van der Waals surface area contributed by atoms with Crippen LogP contribution in [0.25, 0.3) is 0 Å². The fourth-order valence-corrected chi connectivity index (χ4v) is 5.81. The van der Waals surface area contributed by atoms with Gasteiger partial charge < -0.3 is 19.4 Å². The summed E-state index contributed by atoms with van der Waals surface area (Å²) in [6.45, 7) is 3.76. The highest BCUT2D eigenvalue weighted by Gasteiger charge is 2.36. The summed E-state index contributed by atoms with van der Waals surface area (Å²) in [5, 5.41) is 2.93. The number of hydrogen-bond acceptors (Lipinski definition) is 4. The maximum atomic E-state index is 13.7. The monoisotopic (exact) mass is 512 g/mol. The number of benzene rings is 2. The molecule has 6 rings (SSSR count). The van der Waals surface area contributed by atoms with E-state index in [-0.39, 0.29) is 30.4 Å². The molecule has 1 aromatic heterocycles. The highest BCUT2D eigenvalue weighted by atomic mass is 16.5. The fraction of sp³-hybridized carbons (Fsp3) is 0.438. The van der Waals surface area contributed by atoms with E-state index in [9.17, 15) is 9.59 Å². The van der Waals surface area contributed by atoms with E-state index in [0.29, 0.717) is 24.0 Å². The number of rotatable bonds is 8. The fourth-order valence-electron chi connectivity index (χ4n) is 5.81. The molecule has 1 aliphatic heterocycles. The molecule has 2 amide bonds. The molecule has 2 aliphatic carbocycles. The Bertz CT molecular complexity index is 1300. The van der Waals surface area contributed by atoms with Gasteiger partial charge in [0.15, 0.2) is 5.76 Å². The van der Waals surface area contributed by atoms with Gasteiger partial charge in [0.2, 0.25) is 5.91 Å². The second-order valence-electron chi connectivity index (χ2n) is 11.1. The lowest BCUT2D eigenvalue weighted by Crippen LogP contribution is -2.43. The highest BCUT2D eigenvalue weighted by molar-refractivity contribution is 5.91. The van der Waals surface area contributed by atoms with Crippen LogP contribution in [0.3, 0.4) is 0 Å². The maximum Gasteiger partial charge on any atom is 0.287 e. The number of fused-ring (bicyclic) bond motifs is 1. The van der Waals surface area contributed by atoms with E-state index in [2.05, 4.69) is 53.5 Å². The van der Waals surface area contributed by atoms with Gasteiger partial charge in [0.1, 0.15) is 18.1 Å². The lowest BCUT2D eigenvalue weighted by atomic mass is 9.86. The van der Waals surface area contributed by atoms with E-state index in [4.69, 9.17) is 9.15 Å². The second-order valence-corrected chi connectivity index (χ2v) is 11.1. The third-order valence-electron chi connectivity index (χ3n) is 8.24. The molecule has 0 radical (unpaired) electrons. The predicted molar refractivity (Wildman–Crippen MR) is 145 cm³/mol. The van der Waals surface area contributed by atoms with Crippen molar-refractivity contribution in [3.05, 3.63) is 88.4 Å². The summed E-state index contributed by atoms with van der Waals surface area (Å²) in [7, 11) is 0. The first-order valence-corrected chi connectivity index (χ1v) is 14.0. The molecule has 1 N–H and O–H groups in total. The highest BCUT2D eigenvalue weighted by Crippen LogP contribution is 2.40. The van der Waals surface area contributed by atoms with E-state index in [1.54, 1.807) is 12.1 Å². The van der Waals surface area contributed by atoms with Gasteiger partial charge >= 0.3 is 0 Å². The van der Waals surface area contributed by atoms with Crippen LogP contribution in [0, 0.1) is 18.8 Å². The van der Waals surface area contributed by atoms with Gasteiger partial charge in [-0.05, 0) is 85.9 Å². The van der Waals surface area contributed by atoms with Crippen LogP contribution in [0.4, 0.5) is 0 Å². The van der Waals surface area contributed by atoms with Gasteiger partial charge in [-0.15, -0.1) is 0 Å². The molecule has 3 aromatic rings. The first-order chi connectivity index (χ1) is 18.5. The number of nitrogens with zero attached hydrogens (tertiary/aromatic N) is 1. The molecular formula is C32H36N2O4. The number of carbonyl (C=O) groups is 2. The normalized spacial score (nSPS) is 19.3. The Morgan fingerprint density at radius 1 is 1.00 bits per heavy atom. The molecule has 38 heavy (non-hydrogen) atoms. The number of hydrogen-bond donors (Lipinski definition) is 1. The maximum absolute atomic E-state index is 13.7. The first kappa shape index (κ1) is 24.8. The predicted octanol–water partition coefficient (Wildman–Crippen LogP) is 5.97. The average molecular weight is 513 g/mol. The number of ether oxygens (including phenoxy) is 1. The Morgan fingerprint density at radius 2 is 1.79 bits per heavy atom. The van der Waals surface area contributed by atoms with Crippen molar-refractivity contribution in [3.63, 3.8) is 0 Å². The number of nitrogens with one attached hydrogen (secondary N) is 1. The SMILES string of the molecule is Cc1ccc([C@H]2c3cc(OCc4ccc(C(=O)NCC5CC5)o4)ccc3CCN2C(=O)C2CCCC2)cc1. The van der Waals surface area contributed by atoms with Crippen LogP contribution in [0.5, 0.6) is 5.75 Å². The van der Waals surface area contributed by atoms with Crippen molar-refractivity contribution in [1.29, 1.82) is 0 Å². The van der Waals surface area contributed by atoms with Crippen molar-refractivity contribution in [1.82, 2.24) is 10.2 Å². The van der Waals surface area contributed by atoms with E-state index >= 15 is 0 Å². The Hall–Kier alpha value is -3.54. The minimum absolute atomic E-state index is 0.124. The van der Waals surface area contributed by atoms with Crippen LogP contribution in [-0.2, 0) is 17.8 Å². The Morgan fingerprint density at radius 3 is 2.55 bits per heavy atom. The zero-order valence-electron chi connectivity index (χ0n) is 22.1. The summed E-state index contributed by atoms with van der Waals surface area (Å²) in [6, 6.07) is 18.1. The van der Waals surface area contributed by atoms with Gasteiger partial charge in [-0.1, -0.05) is 48.7 Å². The first-order valence-electron chi connectivity index (χ1n) is 14.0. The number of carbonyl (C=O) groups excluding carboxylic acids is 2. The van der Waals surface area contributed by atoms with Gasteiger partial charge in [0.25, 0.3) is 5.91 Å². The molecule has 0 unspecified atom stereocenters. The summed E-state index contributed by atoms with van der Waals surface area (Å²) < 4.78 is 11.9. The molecular weight excluding hydrogens is 476 g/mol. The zero-order chi connectivity index (χ0) is 26.1. The van der Waals surface area contributed by atoms with Crippen LogP contribution in [0.1, 0.15) is 83.1 Å². The molecule has 2 fully saturated rings. The van der Waals surface area contributed by atoms with Crippen molar-refractivity contribution in [2.24, 2.45) is 11.8 Å². The van der Waals surface area contributed by atoms with Gasteiger partial charge in [0, 0.05) is 19.0 Å². The third kappa shape index (κ3) is 5.35. The third-order valence-corrected chi connectivity index (χ3v) is 8.24. The Labute approximate surface area is 224 Å². The van der Waals surface area contributed by atoms with E-state index in [1.165, 1.54) is 24.0 Å². The molecule has 6 heteroatoms. The second kappa shape index (κ2) is 10.7. The molecule has 2 aromatic carbocycles. The van der Waals surface area contributed by atoms with Crippen LogP contribution in [0.2, 0.25) is 0 Å². The smallest absolute Gasteiger partial charge is 0.287 e. The van der Waals surface area contributed by atoms with Crippen LogP contribution < -0.4 is 10.1 Å². The average Bonchev–Trinajstić information content (AvgIpc) is 3.38. The summed E-state index contributed by atoms with van der Waals surface area (Å²) in [6.07, 6.45) is 7.50.